The highest BCUT2D eigenvalue weighted by molar-refractivity contribution is 7.09. The fourth-order valence-electron chi connectivity index (χ4n) is 2.35. The molecule has 1 aromatic heterocycles. The van der Waals surface area contributed by atoms with E-state index in [0.29, 0.717) is 6.04 Å². The Bertz CT molecular complexity index is 588. The summed E-state index contributed by atoms with van der Waals surface area (Å²) < 4.78 is 0. The van der Waals surface area contributed by atoms with Gasteiger partial charge in [0, 0.05) is 23.2 Å². The molecule has 0 bridgehead atoms. The topological polar surface area (TPSA) is 32.3 Å². The summed E-state index contributed by atoms with van der Waals surface area (Å²) in [4.78, 5) is 15.8. The van der Waals surface area contributed by atoms with E-state index in [9.17, 15) is 4.79 Å². The maximum atomic E-state index is 12.5. The number of rotatable bonds is 5. The Hall–Kier alpha value is -1.81. The van der Waals surface area contributed by atoms with Crippen LogP contribution in [0.1, 0.15) is 23.3 Å². The van der Waals surface area contributed by atoms with Crippen molar-refractivity contribution in [1.82, 2.24) is 4.90 Å². The van der Waals surface area contributed by atoms with Crippen molar-refractivity contribution < 1.29 is 4.79 Å². The number of carbonyl (C=O) groups excluding carboxylic acids is 1. The molecule has 0 aliphatic heterocycles. The minimum atomic E-state index is 0.0258. The Morgan fingerprint density at radius 1 is 1.29 bits per heavy atom. The van der Waals surface area contributed by atoms with E-state index >= 15 is 0 Å². The second kappa shape index (κ2) is 6.31. The van der Waals surface area contributed by atoms with E-state index in [-0.39, 0.29) is 6.03 Å². The zero-order valence-electron chi connectivity index (χ0n) is 12.2. The number of benzene rings is 1. The maximum Gasteiger partial charge on any atom is 0.322 e. The first-order valence-corrected chi connectivity index (χ1v) is 8.27. The summed E-state index contributed by atoms with van der Waals surface area (Å²) in [5, 5.41) is 5.10. The first-order chi connectivity index (χ1) is 10.2. The number of nitrogens with zero attached hydrogens (tertiary/aromatic N) is 1. The quantitative estimate of drug-likeness (QED) is 0.877. The predicted octanol–water partition coefficient (Wildman–Crippen LogP) is 4.30. The smallest absolute Gasteiger partial charge is 0.321 e. The van der Waals surface area contributed by atoms with Gasteiger partial charge in [-0.1, -0.05) is 23.8 Å². The Kier molecular flexibility index (Phi) is 4.25. The fraction of sp³-hybridized carbons (Fsp3) is 0.353. The lowest BCUT2D eigenvalue weighted by Gasteiger charge is -2.22. The highest BCUT2D eigenvalue weighted by Gasteiger charge is 2.32. The first kappa shape index (κ1) is 14.1. The molecule has 21 heavy (non-hydrogen) atoms. The number of urea groups is 1. The van der Waals surface area contributed by atoms with Crippen LogP contribution in [0.2, 0.25) is 0 Å². The van der Waals surface area contributed by atoms with Gasteiger partial charge in [-0.25, -0.2) is 4.79 Å². The van der Waals surface area contributed by atoms with Gasteiger partial charge >= 0.3 is 6.03 Å². The summed E-state index contributed by atoms with van der Waals surface area (Å²) in [6.07, 6.45) is 3.20. The molecular weight excluding hydrogens is 280 g/mol. The Morgan fingerprint density at radius 3 is 2.67 bits per heavy atom. The zero-order valence-corrected chi connectivity index (χ0v) is 13.0. The second-order valence-electron chi connectivity index (χ2n) is 5.55. The average Bonchev–Trinajstić information content (AvgIpc) is 3.17. The SMILES string of the molecule is Cc1ccc(NC(=O)N(CCc2cccs2)C2CC2)cc1. The molecule has 1 aliphatic rings. The summed E-state index contributed by atoms with van der Waals surface area (Å²) in [6, 6.07) is 12.6. The van der Waals surface area contributed by atoms with Crippen LogP contribution >= 0.6 is 11.3 Å². The minimum Gasteiger partial charge on any atom is -0.321 e. The number of thiophene rings is 1. The van der Waals surface area contributed by atoms with Gasteiger partial charge in [0.15, 0.2) is 0 Å². The molecular formula is C17H20N2OS. The van der Waals surface area contributed by atoms with Gasteiger partial charge in [-0.2, -0.15) is 0 Å². The molecule has 110 valence electrons. The molecule has 1 fully saturated rings. The minimum absolute atomic E-state index is 0.0258. The number of anilines is 1. The third-order valence-corrected chi connectivity index (χ3v) is 4.67. The van der Waals surface area contributed by atoms with Gasteiger partial charge in [0.05, 0.1) is 0 Å². The Labute approximate surface area is 129 Å². The van der Waals surface area contributed by atoms with E-state index in [1.165, 1.54) is 10.4 Å². The molecule has 1 aliphatic carbocycles. The van der Waals surface area contributed by atoms with Crippen molar-refractivity contribution in [3.05, 3.63) is 52.2 Å². The van der Waals surface area contributed by atoms with Crippen LogP contribution in [0, 0.1) is 6.92 Å². The third-order valence-electron chi connectivity index (χ3n) is 3.73. The summed E-state index contributed by atoms with van der Waals surface area (Å²) in [5.74, 6) is 0. The first-order valence-electron chi connectivity index (χ1n) is 7.39. The van der Waals surface area contributed by atoms with E-state index in [2.05, 4.69) is 22.8 Å². The molecule has 2 amide bonds. The molecule has 3 nitrogen and oxygen atoms in total. The van der Waals surface area contributed by atoms with Crippen LogP contribution in [-0.4, -0.2) is 23.5 Å². The third kappa shape index (κ3) is 3.85. The van der Waals surface area contributed by atoms with Crippen molar-refractivity contribution in [3.63, 3.8) is 0 Å². The number of amides is 2. The molecule has 1 N–H and O–H groups in total. The number of hydrogen-bond acceptors (Lipinski definition) is 2. The summed E-state index contributed by atoms with van der Waals surface area (Å²) >= 11 is 1.76. The molecule has 2 aromatic rings. The van der Waals surface area contributed by atoms with Crippen LogP contribution in [0.5, 0.6) is 0 Å². The number of nitrogens with one attached hydrogen (secondary N) is 1. The normalized spacial score (nSPS) is 14.0. The molecule has 1 saturated carbocycles. The monoisotopic (exact) mass is 300 g/mol. The molecule has 1 aromatic carbocycles. The van der Waals surface area contributed by atoms with Gasteiger partial charge in [-0.05, 0) is 49.8 Å². The van der Waals surface area contributed by atoms with E-state index in [0.717, 1.165) is 31.5 Å². The highest BCUT2D eigenvalue weighted by atomic mass is 32.1. The molecule has 1 heterocycles. The van der Waals surface area contributed by atoms with E-state index < -0.39 is 0 Å². The van der Waals surface area contributed by atoms with E-state index in [1.54, 1.807) is 11.3 Å². The fourth-order valence-corrected chi connectivity index (χ4v) is 3.05. The van der Waals surface area contributed by atoms with Crippen LogP contribution < -0.4 is 5.32 Å². The molecule has 0 atom stereocenters. The molecule has 3 rings (SSSR count). The lowest BCUT2D eigenvalue weighted by molar-refractivity contribution is 0.209. The van der Waals surface area contributed by atoms with E-state index in [1.807, 2.05) is 36.1 Å². The molecule has 0 unspecified atom stereocenters. The number of aryl methyl sites for hydroxylation is 1. The van der Waals surface area contributed by atoms with Crippen molar-refractivity contribution in [2.24, 2.45) is 0 Å². The molecule has 0 spiro atoms. The molecule has 0 saturated heterocycles. The average molecular weight is 300 g/mol. The van der Waals surface area contributed by atoms with Crippen LogP contribution in [0.4, 0.5) is 10.5 Å². The van der Waals surface area contributed by atoms with Gasteiger partial charge in [-0.3, -0.25) is 0 Å². The highest BCUT2D eigenvalue weighted by Crippen LogP contribution is 2.28. The summed E-state index contributed by atoms with van der Waals surface area (Å²) in [6.45, 7) is 2.84. The molecule has 4 heteroatoms. The Balaban J connectivity index is 1.60. The van der Waals surface area contributed by atoms with Crippen molar-refractivity contribution in [2.75, 3.05) is 11.9 Å². The standard InChI is InChI=1S/C17H20N2OS/c1-13-4-6-14(7-5-13)18-17(20)19(15-8-9-15)11-10-16-3-2-12-21-16/h2-7,12,15H,8-11H2,1H3,(H,18,20). The lowest BCUT2D eigenvalue weighted by Crippen LogP contribution is -2.38. The zero-order chi connectivity index (χ0) is 14.7. The van der Waals surface area contributed by atoms with Crippen molar-refractivity contribution in [2.45, 2.75) is 32.2 Å². The van der Waals surface area contributed by atoms with Gasteiger partial charge in [0.2, 0.25) is 0 Å². The maximum absolute atomic E-state index is 12.5. The van der Waals surface area contributed by atoms with Gasteiger partial charge in [-0.15, -0.1) is 11.3 Å². The van der Waals surface area contributed by atoms with Crippen molar-refractivity contribution in [1.29, 1.82) is 0 Å². The van der Waals surface area contributed by atoms with Gasteiger partial charge < -0.3 is 10.2 Å². The second-order valence-corrected chi connectivity index (χ2v) is 6.58. The molecule has 0 radical (unpaired) electrons. The van der Waals surface area contributed by atoms with Crippen molar-refractivity contribution >= 4 is 23.1 Å². The van der Waals surface area contributed by atoms with Crippen LogP contribution in [-0.2, 0) is 6.42 Å². The predicted molar refractivity (Wildman–Crippen MR) is 87.9 cm³/mol. The van der Waals surface area contributed by atoms with Gasteiger partial charge in [0.25, 0.3) is 0 Å². The van der Waals surface area contributed by atoms with Gasteiger partial charge in [0.1, 0.15) is 0 Å². The Morgan fingerprint density at radius 2 is 2.05 bits per heavy atom. The van der Waals surface area contributed by atoms with Crippen molar-refractivity contribution in [3.8, 4) is 0 Å². The van der Waals surface area contributed by atoms with Crippen LogP contribution in [0.25, 0.3) is 0 Å². The van der Waals surface area contributed by atoms with Crippen LogP contribution in [0.3, 0.4) is 0 Å². The van der Waals surface area contributed by atoms with Crippen LogP contribution in [0.15, 0.2) is 41.8 Å². The summed E-state index contributed by atoms with van der Waals surface area (Å²) in [7, 11) is 0. The lowest BCUT2D eigenvalue weighted by atomic mass is 10.2. The number of hydrogen-bond donors (Lipinski definition) is 1. The largest absolute Gasteiger partial charge is 0.322 e. The number of carbonyl (C=O) groups is 1. The summed E-state index contributed by atoms with van der Waals surface area (Å²) in [5.41, 5.74) is 2.07. The van der Waals surface area contributed by atoms with E-state index in [4.69, 9.17) is 0 Å².